The molecule has 70 valence electrons. The number of fused-ring (bicyclic) bond motifs is 1. The first-order valence-electron chi connectivity index (χ1n) is 4.32. The van der Waals surface area contributed by atoms with Crippen LogP contribution in [0.1, 0.15) is 22.9 Å². The van der Waals surface area contributed by atoms with Gasteiger partial charge in [0, 0.05) is 10.3 Å². The third kappa shape index (κ3) is 1.37. The maximum Gasteiger partial charge on any atom is 0.0885 e. The van der Waals surface area contributed by atoms with E-state index in [4.69, 9.17) is 0 Å². The van der Waals surface area contributed by atoms with Gasteiger partial charge in [0.15, 0.2) is 0 Å². The molecule has 0 bridgehead atoms. The van der Waals surface area contributed by atoms with Gasteiger partial charge in [-0.05, 0) is 47.3 Å². The second-order valence-electron chi connectivity index (χ2n) is 3.17. The number of aryl methyl sites for hydroxylation is 3. The molecule has 2 rings (SSSR count). The molecule has 0 spiro atoms. The number of rotatable bonds is 1. The Kier molecular flexibility index (Phi) is 2.51. The topological polar surface area (TPSA) is 0 Å². The van der Waals surface area contributed by atoms with Crippen molar-refractivity contribution in [2.45, 2.75) is 27.2 Å². The first kappa shape index (κ1) is 9.69. The normalized spacial score (nSPS) is 11.4. The van der Waals surface area contributed by atoms with Gasteiger partial charge < -0.3 is 0 Å². The van der Waals surface area contributed by atoms with Gasteiger partial charge in [-0.1, -0.05) is 6.92 Å². The SMILES string of the molecule is CCc1sc2sc(Br)c(C)c2c1C. The van der Waals surface area contributed by atoms with Gasteiger partial charge in [0.2, 0.25) is 0 Å². The third-order valence-corrected chi connectivity index (χ3v) is 6.07. The molecule has 0 unspecified atom stereocenters. The van der Waals surface area contributed by atoms with Crippen molar-refractivity contribution in [3.05, 3.63) is 19.8 Å². The van der Waals surface area contributed by atoms with Crippen molar-refractivity contribution >= 4 is 48.0 Å². The van der Waals surface area contributed by atoms with Crippen LogP contribution in [0.5, 0.6) is 0 Å². The minimum Gasteiger partial charge on any atom is -0.129 e. The molecule has 0 radical (unpaired) electrons. The van der Waals surface area contributed by atoms with Gasteiger partial charge in [-0.25, -0.2) is 0 Å². The number of hydrogen-bond acceptors (Lipinski definition) is 2. The zero-order valence-electron chi connectivity index (χ0n) is 7.90. The first-order chi connectivity index (χ1) is 6.15. The fraction of sp³-hybridized carbons (Fsp3) is 0.400. The molecule has 0 aromatic carbocycles. The van der Waals surface area contributed by atoms with Crippen LogP contribution in [-0.4, -0.2) is 0 Å². The monoisotopic (exact) mass is 274 g/mol. The lowest BCUT2D eigenvalue weighted by molar-refractivity contribution is 1.16. The third-order valence-electron chi connectivity index (χ3n) is 2.39. The molecule has 0 aliphatic carbocycles. The molecule has 0 saturated carbocycles. The lowest BCUT2D eigenvalue weighted by Crippen LogP contribution is -1.77. The van der Waals surface area contributed by atoms with E-state index >= 15 is 0 Å². The van der Waals surface area contributed by atoms with E-state index < -0.39 is 0 Å². The van der Waals surface area contributed by atoms with Crippen LogP contribution in [-0.2, 0) is 6.42 Å². The van der Waals surface area contributed by atoms with E-state index in [1.54, 1.807) is 0 Å². The summed E-state index contributed by atoms with van der Waals surface area (Å²) in [4.78, 5) is 1.54. The molecule has 2 aromatic rings. The highest BCUT2D eigenvalue weighted by Gasteiger charge is 2.13. The van der Waals surface area contributed by atoms with Crippen LogP contribution in [0.2, 0.25) is 0 Å². The summed E-state index contributed by atoms with van der Waals surface area (Å²) in [5.41, 5.74) is 2.90. The Morgan fingerprint density at radius 1 is 1.15 bits per heavy atom. The fourth-order valence-electron chi connectivity index (χ4n) is 1.63. The summed E-state index contributed by atoms with van der Waals surface area (Å²) in [5.74, 6) is 0. The van der Waals surface area contributed by atoms with Crippen molar-refractivity contribution < 1.29 is 0 Å². The molecule has 0 saturated heterocycles. The lowest BCUT2D eigenvalue weighted by atomic mass is 10.1. The maximum atomic E-state index is 3.59. The Bertz CT molecular complexity index is 451. The second-order valence-corrected chi connectivity index (χ2v) is 6.87. The van der Waals surface area contributed by atoms with E-state index in [0.29, 0.717) is 0 Å². The summed E-state index contributed by atoms with van der Waals surface area (Å²) in [7, 11) is 0. The van der Waals surface area contributed by atoms with Crippen LogP contribution in [0.4, 0.5) is 0 Å². The largest absolute Gasteiger partial charge is 0.129 e. The summed E-state index contributed by atoms with van der Waals surface area (Å²) in [5, 5.41) is 1.48. The zero-order valence-corrected chi connectivity index (χ0v) is 11.1. The van der Waals surface area contributed by atoms with Crippen LogP contribution in [0, 0.1) is 13.8 Å². The van der Waals surface area contributed by atoms with Gasteiger partial charge in [0.1, 0.15) is 0 Å². The van der Waals surface area contributed by atoms with Crippen molar-refractivity contribution in [2.24, 2.45) is 0 Å². The van der Waals surface area contributed by atoms with Gasteiger partial charge in [-0.15, -0.1) is 22.7 Å². The van der Waals surface area contributed by atoms with Crippen LogP contribution in [0.3, 0.4) is 0 Å². The average Bonchev–Trinajstić information content (AvgIpc) is 2.54. The zero-order chi connectivity index (χ0) is 9.59. The minimum absolute atomic E-state index is 1.16. The molecular weight excluding hydrogens is 264 g/mol. The van der Waals surface area contributed by atoms with Gasteiger partial charge in [-0.3, -0.25) is 0 Å². The molecule has 0 fully saturated rings. The van der Waals surface area contributed by atoms with Gasteiger partial charge >= 0.3 is 0 Å². The predicted molar refractivity (Wildman–Crippen MR) is 66.3 cm³/mol. The van der Waals surface area contributed by atoms with E-state index in [-0.39, 0.29) is 0 Å². The smallest absolute Gasteiger partial charge is 0.0885 e. The Balaban J connectivity index is 2.82. The highest BCUT2D eigenvalue weighted by atomic mass is 79.9. The Morgan fingerprint density at radius 2 is 1.85 bits per heavy atom. The van der Waals surface area contributed by atoms with Crippen LogP contribution < -0.4 is 0 Å². The molecule has 13 heavy (non-hydrogen) atoms. The molecule has 0 nitrogen and oxygen atoms in total. The van der Waals surface area contributed by atoms with Gasteiger partial charge in [-0.2, -0.15) is 0 Å². The quantitative estimate of drug-likeness (QED) is 0.694. The second kappa shape index (κ2) is 3.37. The highest BCUT2D eigenvalue weighted by Crippen LogP contribution is 2.42. The summed E-state index contributed by atoms with van der Waals surface area (Å²) in [6.45, 7) is 6.67. The van der Waals surface area contributed by atoms with Crippen molar-refractivity contribution in [3.63, 3.8) is 0 Å². The molecule has 0 amide bonds. The Morgan fingerprint density at radius 3 is 2.38 bits per heavy atom. The lowest BCUT2D eigenvalue weighted by Gasteiger charge is -1.94. The van der Waals surface area contributed by atoms with Crippen molar-refractivity contribution in [3.8, 4) is 0 Å². The maximum absolute atomic E-state index is 3.59. The van der Waals surface area contributed by atoms with Crippen LogP contribution >= 0.6 is 38.6 Å². The molecular formula is C10H11BrS2. The summed E-state index contributed by atoms with van der Waals surface area (Å²) >= 11 is 7.41. The van der Waals surface area contributed by atoms with Gasteiger partial charge in [0.25, 0.3) is 0 Å². The van der Waals surface area contributed by atoms with Gasteiger partial charge in [0.05, 0.1) is 7.80 Å². The Hall–Kier alpha value is 0.140. The van der Waals surface area contributed by atoms with E-state index in [9.17, 15) is 0 Å². The molecule has 3 heteroatoms. The average molecular weight is 275 g/mol. The molecule has 2 aromatic heterocycles. The molecule has 0 atom stereocenters. The van der Waals surface area contributed by atoms with E-state index in [0.717, 1.165) is 6.42 Å². The first-order valence-corrected chi connectivity index (χ1v) is 6.74. The molecule has 0 aliphatic rings. The predicted octanol–water partition coefficient (Wildman–Crippen LogP) is 4.90. The number of thiophene rings is 2. The van der Waals surface area contributed by atoms with Crippen molar-refractivity contribution in [1.82, 2.24) is 0 Å². The van der Waals surface area contributed by atoms with Crippen LogP contribution in [0.15, 0.2) is 3.79 Å². The standard InChI is InChI=1S/C10H11BrS2/c1-4-7-5(2)8-6(3)9(11)13-10(8)12-7/h4H2,1-3H3. The summed E-state index contributed by atoms with van der Waals surface area (Å²) < 4.78 is 2.76. The fourth-order valence-corrected chi connectivity index (χ4v) is 5.21. The van der Waals surface area contributed by atoms with E-state index in [1.807, 2.05) is 22.7 Å². The van der Waals surface area contributed by atoms with Crippen LogP contribution in [0.25, 0.3) is 9.40 Å². The van der Waals surface area contributed by atoms with Crippen molar-refractivity contribution in [1.29, 1.82) is 0 Å². The minimum atomic E-state index is 1.16. The summed E-state index contributed by atoms with van der Waals surface area (Å²) in [6.07, 6.45) is 1.16. The van der Waals surface area contributed by atoms with Crippen molar-refractivity contribution in [2.75, 3.05) is 0 Å². The Labute approximate surface area is 94.7 Å². The summed E-state index contributed by atoms with van der Waals surface area (Å²) in [6, 6.07) is 0. The molecule has 0 aliphatic heterocycles. The van der Waals surface area contributed by atoms with E-state index in [1.165, 1.54) is 29.2 Å². The number of halogens is 1. The molecule has 2 heterocycles. The number of hydrogen-bond donors (Lipinski definition) is 0. The van der Waals surface area contributed by atoms with E-state index in [2.05, 4.69) is 36.7 Å². The molecule has 0 N–H and O–H groups in total. The highest BCUT2D eigenvalue weighted by molar-refractivity contribution is 9.11.